The van der Waals surface area contributed by atoms with Crippen LogP contribution < -0.4 is 15.4 Å². The van der Waals surface area contributed by atoms with E-state index in [1.54, 1.807) is 42.6 Å². The normalized spacial score (nSPS) is 10.3. The van der Waals surface area contributed by atoms with Crippen LogP contribution in [0.5, 0.6) is 5.75 Å². The lowest BCUT2D eigenvalue weighted by atomic mass is 10.2. The topological polar surface area (TPSA) is 63.2 Å². The van der Waals surface area contributed by atoms with E-state index in [2.05, 4.69) is 15.6 Å². The molecule has 6 heteroatoms. The summed E-state index contributed by atoms with van der Waals surface area (Å²) in [7, 11) is 0. The Morgan fingerprint density at radius 2 is 1.89 bits per heavy atom. The molecule has 0 aliphatic heterocycles. The van der Waals surface area contributed by atoms with E-state index in [1.165, 1.54) is 12.3 Å². The summed E-state index contributed by atoms with van der Waals surface area (Å²) < 4.78 is 19.2. The highest BCUT2D eigenvalue weighted by Crippen LogP contribution is 2.24. The third-order valence-corrected chi connectivity index (χ3v) is 3.88. The van der Waals surface area contributed by atoms with Crippen molar-refractivity contribution >= 4 is 17.3 Å². The third kappa shape index (κ3) is 4.82. The van der Waals surface area contributed by atoms with Crippen LogP contribution in [-0.4, -0.2) is 17.5 Å². The van der Waals surface area contributed by atoms with Gasteiger partial charge in [0.1, 0.15) is 11.6 Å². The lowest BCUT2D eigenvalue weighted by Gasteiger charge is -2.12. The molecule has 0 spiro atoms. The number of benzene rings is 2. The molecule has 0 aliphatic carbocycles. The number of carbonyl (C=O) groups is 1. The summed E-state index contributed by atoms with van der Waals surface area (Å²) in [5, 5.41) is 5.92. The van der Waals surface area contributed by atoms with E-state index in [0.29, 0.717) is 41.4 Å². The van der Waals surface area contributed by atoms with Gasteiger partial charge in [0.05, 0.1) is 23.5 Å². The summed E-state index contributed by atoms with van der Waals surface area (Å²) in [6.07, 6.45) is 3.07. The number of aromatic nitrogens is 1. The van der Waals surface area contributed by atoms with Gasteiger partial charge in [0, 0.05) is 24.5 Å². The predicted molar refractivity (Wildman–Crippen MR) is 104 cm³/mol. The van der Waals surface area contributed by atoms with Gasteiger partial charge in [0.2, 0.25) is 0 Å². The van der Waals surface area contributed by atoms with E-state index in [9.17, 15) is 9.18 Å². The minimum absolute atomic E-state index is 0.278. The van der Waals surface area contributed by atoms with Crippen LogP contribution in [0.2, 0.25) is 0 Å². The van der Waals surface area contributed by atoms with E-state index in [0.717, 1.165) is 0 Å². The Hall–Kier alpha value is -3.41. The van der Waals surface area contributed by atoms with E-state index in [1.807, 2.05) is 19.1 Å². The molecule has 0 unspecified atom stereocenters. The number of rotatable bonds is 7. The van der Waals surface area contributed by atoms with Crippen molar-refractivity contribution in [3.8, 4) is 5.75 Å². The van der Waals surface area contributed by atoms with Gasteiger partial charge in [-0.1, -0.05) is 30.3 Å². The molecule has 3 aromatic rings. The van der Waals surface area contributed by atoms with Crippen LogP contribution >= 0.6 is 0 Å². The zero-order valence-electron chi connectivity index (χ0n) is 14.9. The van der Waals surface area contributed by atoms with Crippen LogP contribution in [0.4, 0.5) is 15.8 Å². The molecule has 1 amide bonds. The predicted octanol–water partition coefficient (Wildman–Crippen LogP) is 4.48. The highest BCUT2D eigenvalue weighted by Gasteiger charge is 2.11. The molecule has 0 atom stereocenters. The van der Waals surface area contributed by atoms with E-state index < -0.39 is 0 Å². The fourth-order valence-corrected chi connectivity index (χ4v) is 2.55. The molecule has 1 aromatic heterocycles. The zero-order chi connectivity index (χ0) is 19.1. The number of ether oxygens (including phenoxy) is 1. The lowest BCUT2D eigenvalue weighted by Crippen LogP contribution is -2.14. The highest BCUT2D eigenvalue weighted by molar-refractivity contribution is 6.05. The molecule has 0 saturated heterocycles. The fourth-order valence-electron chi connectivity index (χ4n) is 2.55. The smallest absolute Gasteiger partial charge is 0.257 e. The Bertz CT molecular complexity index is 931. The van der Waals surface area contributed by atoms with Crippen LogP contribution in [0.25, 0.3) is 0 Å². The second-order valence-corrected chi connectivity index (χ2v) is 5.79. The molecule has 0 fully saturated rings. The van der Waals surface area contributed by atoms with E-state index in [-0.39, 0.29) is 11.7 Å². The van der Waals surface area contributed by atoms with Crippen molar-refractivity contribution in [3.05, 3.63) is 83.9 Å². The summed E-state index contributed by atoms with van der Waals surface area (Å²) in [6, 6.07) is 15.4. The highest BCUT2D eigenvalue weighted by atomic mass is 19.1. The first-order chi connectivity index (χ1) is 13.2. The number of pyridine rings is 1. The van der Waals surface area contributed by atoms with Gasteiger partial charge in [-0.05, 0) is 31.2 Å². The molecule has 0 radical (unpaired) electrons. The average molecular weight is 365 g/mol. The number of para-hydroxylation sites is 2. The SMILES string of the molecule is CCOc1ccccc1NC(=O)c1cncc(NCc2ccccc2F)c1. The van der Waals surface area contributed by atoms with Gasteiger partial charge < -0.3 is 15.4 Å². The number of amides is 1. The molecule has 1 heterocycles. The van der Waals surface area contributed by atoms with Crippen molar-refractivity contribution in [2.45, 2.75) is 13.5 Å². The first kappa shape index (κ1) is 18.4. The minimum atomic E-state index is -0.302. The number of hydrogen-bond acceptors (Lipinski definition) is 4. The first-order valence-corrected chi connectivity index (χ1v) is 8.63. The molecule has 0 bridgehead atoms. The van der Waals surface area contributed by atoms with Gasteiger partial charge in [-0.2, -0.15) is 0 Å². The molecule has 138 valence electrons. The monoisotopic (exact) mass is 365 g/mol. The Balaban J connectivity index is 1.70. The molecule has 2 N–H and O–H groups in total. The Kier molecular flexibility index (Phi) is 5.99. The quantitative estimate of drug-likeness (QED) is 0.648. The molecule has 2 aromatic carbocycles. The van der Waals surface area contributed by atoms with Gasteiger partial charge in [0.25, 0.3) is 5.91 Å². The van der Waals surface area contributed by atoms with E-state index in [4.69, 9.17) is 4.74 Å². The van der Waals surface area contributed by atoms with Crippen molar-refractivity contribution in [2.24, 2.45) is 0 Å². The number of nitrogens with one attached hydrogen (secondary N) is 2. The Labute approximate surface area is 157 Å². The maximum absolute atomic E-state index is 13.7. The van der Waals surface area contributed by atoms with Crippen molar-refractivity contribution in [3.63, 3.8) is 0 Å². The van der Waals surface area contributed by atoms with Crippen molar-refractivity contribution in [2.75, 3.05) is 17.2 Å². The second kappa shape index (κ2) is 8.80. The maximum atomic E-state index is 13.7. The van der Waals surface area contributed by atoms with Crippen molar-refractivity contribution < 1.29 is 13.9 Å². The lowest BCUT2D eigenvalue weighted by molar-refractivity contribution is 0.102. The summed E-state index contributed by atoms with van der Waals surface area (Å²) in [5.41, 5.74) is 2.15. The standard InChI is InChI=1S/C21H20FN3O2/c1-2-27-20-10-6-5-9-19(20)25-21(26)16-11-17(14-23-12-16)24-13-15-7-3-4-8-18(15)22/h3-12,14,24H,2,13H2,1H3,(H,25,26). The first-order valence-electron chi connectivity index (χ1n) is 8.63. The number of carbonyl (C=O) groups excluding carboxylic acids is 1. The summed E-state index contributed by atoms with van der Waals surface area (Å²) in [4.78, 5) is 16.6. The zero-order valence-corrected chi connectivity index (χ0v) is 14.9. The third-order valence-electron chi connectivity index (χ3n) is 3.88. The minimum Gasteiger partial charge on any atom is -0.492 e. The molecule has 0 saturated carbocycles. The van der Waals surface area contributed by atoms with Gasteiger partial charge in [0.15, 0.2) is 0 Å². The van der Waals surface area contributed by atoms with Gasteiger partial charge in [-0.15, -0.1) is 0 Å². The molecule has 3 rings (SSSR count). The number of hydrogen-bond donors (Lipinski definition) is 2. The molecular weight excluding hydrogens is 345 g/mol. The number of halogens is 1. The van der Waals surface area contributed by atoms with Crippen molar-refractivity contribution in [1.82, 2.24) is 4.98 Å². The number of anilines is 2. The van der Waals surface area contributed by atoms with Crippen LogP contribution in [0.1, 0.15) is 22.8 Å². The van der Waals surface area contributed by atoms with Crippen LogP contribution in [-0.2, 0) is 6.54 Å². The Morgan fingerprint density at radius 3 is 2.70 bits per heavy atom. The van der Waals surface area contributed by atoms with E-state index >= 15 is 0 Å². The van der Waals surface area contributed by atoms with Crippen LogP contribution in [0.15, 0.2) is 67.0 Å². The molecule has 27 heavy (non-hydrogen) atoms. The molecule has 5 nitrogen and oxygen atoms in total. The number of nitrogens with zero attached hydrogens (tertiary/aromatic N) is 1. The van der Waals surface area contributed by atoms with Gasteiger partial charge in [-0.25, -0.2) is 4.39 Å². The van der Waals surface area contributed by atoms with Gasteiger partial charge in [-0.3, -0.25) is 9.78 Å². The summed E-state index contributed by atoms with van der Waals surface area (Å²) in [6.45, 7) is 2.68. The second-order valence-electron chi connectivity index (χ2n) is 5.79. The van der Waals surface area contributed by atoms with Crippen LogP contribution in [0.3, 0.4) is 0 Å². The van der Waals surface area contributed by atoms with Crippen molar-refractivity contribution in [1.29, 1.82) is 0 Å². The maximum Gasteiger partial charge on any atom is 0.257 e. The Morgan fingerprint density at radius 1 is 1.11 bits per heavy atom. The van der Waals surface area contributed by atoms with Gasteiger partial charge >= 0.3 is 0 Å². The molecular formula is C21H20FN3O2. The van der Waals surface area contributed by atoms with Crippen LogP contribution in [0, 0.1) is 5.82 Å². The summed E-state index contributed by atoms with van der Waals surface area (Å²) >= 11 is 0. The molecule has 0 aliphatic rings. The fraction of sp³-hybridized carbons (Fsp3) is 0.143. The average Bonchev–Trinajstić information content (AvgIpc) is 2.69. The largest absolute Gasteiger partial charge is 0.492 e. The summed E-state index contributed by atoms with van der Waals surface area (Å²) in [5.74, 6) is 0.0266.